The van der Waals surface area contributed by atoms with Gasteiger partial charge < -0.3 is 10.2 Å². The van der Waals surface area contributed by atoms with Crippen LogP contribution in [0.3, 0.4) is 0 Å². The summed E-state index contributed by atoms with van der Waals surface area (Å²) in [6, 6.07) is 0.346. The predicted molar refractivity (Wildman–Crippen MR) is 65.6 cm³/mol. The Morgan fingerprint density at radius 2 is 2.35 bits per heavy atom. The molecular weight excluding hydrogens is 219 g/mol. The standard InChI is InChI=1S/C12H19FN4/c1-3-14-7-10-5-4-6-17(10)12-11(13)9(2)15-8-16-12/h8,10,14H,3-7H2,1-2H3. The van der Waals surface area contributed by atoms with Crippen LogP contribution in [-0.4, -0.2) is 35.6 Å². The number of rotatable bonds is 4. The Kier molecular flexibility index (Phi) is 3.89. The minimum Gasteiger partial charge on any atom is -0.350 e. The lowest BCUT2D eigenvalue weighted by Gasteiger charge is -2.26. The van der Waals surface area contributed by atoms with E-state index in [1.165, 1.54) is 6.33 Å². The Morgan fingerprint density at radius 3 is 3.12 bits per heavy atom. The Hall–Kier alpha value is -1.23. The molecule has 17 heavy (non-hydrogen) atoms. The molecule has 1 saturated heterocycles. The summed E-state index contributed by atoms with van der Waals surface area (Å²) < 4.78 is 14.0. The van der Waals surface area contributed by atoms with E-state index in [2.05, 4.69) is 27.1 Å². The average Bonchev–Trinajstić information content (AvgIpc) is 2.78. The minimum atomic E-state index is -0.282. The van der Waals surface area contributed by atoms with E-state index in [1.807, 2.05) is 0 Å². The zero-order valence-electron chi connectivity index (χ0n) is 10.4. The van der Waals surface area contributed by atoms with Crippen LogP contribution < -0.4 is 10.2 Å². The van der Waals surface area contributed by atoms with Gasteiger partial charge >= 0.3 is 0 Å². The number of nitrogens with zero attached hydrogens (tertiary/aromatic N) is 3. The van der Waals surface area contributed by atoms with E-state index in [4.69, 9.17) is 0 Å². The summed E-state index contributed by atoms with van der Waals surface area (Å²) in [5.41, 5.74) is 0.420. The van der Waals surface area contributed by atoms with Gasteiger partial charge in [0.25, 0.3) is 0 Å². The van der Waals surface area contributed by atoms with E-state index in [1.54, 1.807) is 6.92 Å². The van der Waals surface area contributed by atoms with Gasteiger partial charge in [-0.15, -0.1) is 0 Å². The molecule has 1 N–H and O–H groups in total. The molecule has 2 rings (SSSR count). The van der Waals surface area contributed by atoms with Crippen molar-refractivity contribution in [2.45, 2.75) is 32.7 Å². The largest absolute Gasteiger partial charge is 0.350 e. The molecule has 1 unspecified atom stereocenters. The Morgan fingerprint density at radius 1 is 1.53 bits per heavy atom. The van der Waals surface area contributed by atoms with Crippen LogP contribution >= 0.6 is 0 Å². The quantitative estimate of drug-likeness (QED) is 0.863. The third-order valence-corrected chi connectivity index (χ3v) is 3.22. The van der Waals surface area contributed by atoms with E-state index in [0.717, 1.165) is 32.5 Å². The Balaban J connectivity index is 2.17. The van der Waals surface area contributed by atoms with Crippen molar-refractivity contribution in [3.8, 4) is 0 Å². The van der Waals surface area contributed by atoms with Crippen molar-refractivity contribution >= 4 is 5.82 Å². The summed E-state index contributed by atoms with van der Waals surface area (Å²) in [6.07, 6.45) is 3.63. The van der Waals surface area contributed by atoms with Gasteiger partial charge in [-0.1, -0.05) is 6.92 Å². The van der Waals surface area contributed by atoms with E-state index >= 15 is 0 Å². The van der Waals surface area contributed by atoms with Crippen LogP contribution in [0.25, 0.3) is 0 Å². The highest BCUT2D eigenvalue weighted by molar-refractivity contribution is 5.43. The van der Waals surface area contributed by atoms with Crippen molar-refractivity contribution in [2.75, 3.05) is 24.5 Å². The van der Waals surface area contributed by atoms with Gasteiger partial charge in [-0.25, -0.2) is 14.4 Å². The fraction of sp³-hybridized carbons (Fsp3) is 0.667. The molecule has 0 bridgehead atoms. The molecule has 1 atom stereocenters. The normalized spacial score (nSPS) is 19.9. The first-order valence-electron chi connectivity index (χ1n) is 6.18. The lowest BCUT2D eigenvalue weighted by atomic mass is 10.2. The first-order chi connectivity index (χ1) is 8.24. The van der Waals surface area contributed by atoms with Crippen LogP contribution in [0.5, 0.6) is 0 Å². The van der Waals surface area contributed by atoms with Crippen LogP contribution in [0.4, 0.5) is 10.2 Å². The monoisotopic (exact) mass is 238 g/mol. The SMILES string of the molecule is CCNCC1CCCN1c1ncnc(C)c1F. The molecule has 94 valence electrons. The highest BCUT2D eigenvalue weighted by Gasteiger charge is 2.27. The summed E-state index contributed by atoms with van der Waals surface area (Å²) in [5.74, 6) is 0.175. The fourth-order valence-electron chi connectivity index (χ4n) is 2.28. The number of nitrogens with one attached hydrogen (secondary N) is 1. The maximum Gasteiger partial charge on any atom is 0.186 e. The van der Waals surface area contributed by atoms with E-state index in [-0.39, 0.29) is 5.82 Å². The summed E-state index contributed by atoms with van der Waals surface area (Å²) in [6.45, 7) is 6.46. The molecule has 0 spiro atoms. The van der Waals surface area contributed by atoms with Gasteiger partial charge in [0.2, 0.25) is 0 Å². The fourth-order valence-corrected chi connectivity index (χ4v) is 2.28. The zero-order valence-corrected chi connectivity index (χ0v) is 10.4. The second kappa shape index (κ2) is 5.40. The molecule has 1 aliphatic heterocycles. The smallest absolute Gasteiger partial charge is 0.186 e. The third kappa shape index (κ3) is 2.54. The van der Waals surface area contributed by atoms with Crippen molar-refractivity contribution in [1.29, 1.82) is 0 Å². The van der Waals surface area contributed by atoms with Crippen LogP contribution in [0, 0.1) is 12.7 Å². The van der Waals surface area contributed by atoms with Crippen molar-refractivity contribution in [2.24, 2.45) is 0 Å². The number of aromatic nitrogens is 2. The van der Waals surface area contributed by atoms with E-state index in [0.29, 0.717) is 17.6 Å². The van der Waals surface area contributed by atoms with Gasteiger partial charge in [-0.3, -0.25) is 0 Å². The van der Waals surface area contributed by atoms with Gasteiger partial charge in [0.15, 0.2) is 11.6 Å². The maximum atomic E-state index is 14.0. The van der Waals surface area contributed by atoms with Crippen LogP contribution in [0.1, 0.15) is 25.5 Å². The van der Waals surface area contributed by atoms with Gasteiger partial charge in [-0.2, -0.15) is 0 Å². The molecule has 0 saturated carbocycles. The van der Waals surface area contributed by atoms with Crippen molar-refractivity contribution in [3.05, 3.63) is 17.8 Å². The van der Waals surface area contributed by atoms with Crippen molar-refractivity contribution < 1.29 is 4.39 Å². The molecule has 1 aromatic rings. The second-order valence-corrected chi connectivity index (χ2v) is 4.39. The van der Waals surface area contributed by atoms with Gasteiger partial charge in [0, 0.05) is 19.1 Å². The van der Waals surface area contributed by atoms with Gasteiger partial charge in [-0.05, 0) is 26.3 Å². The summed E-state index contributed by atoms with van der Waals surface area (Å²) in [7, 11) is 0. The number of hydrogen-bond acceptors (Lipinski definition) is 4. The van der Waals surface area contributed by atoms with Crippen LogP contribution in [0.15, 0.2) is 6.33 Å². The summed E-state index contributed by atoms with van der Waals surface area (Å²) >= 11 is 0. The number of halogens is 1. The molecule has 4 nitrogen and oxygen atoms in total. The average molecular weight is 238 g/mol. The number of anilines is 1. The van der Waals surface area contributed by atoms with Gasteiger partial charge in [0.1, 0.15) is 6.33 Å². The summed E-state index contributed by atoms with van der Waals surface area (Å²) in [5, 5.41) is 3.32. The Bertz CT molecular complexity index is 383. The second-order valence-electron chi connectivity index (χ2n) is 4.39. The topological polar surface area (TPSA) is 41.0 Å². The lowest BCUT2D eigenvalue weighted by Crippen LogP contribution is -2.39. The molecular formula is C12H19FN4. The molecule has 0 radical (unpaired) electrons. The van der Waals surface area contributed by atoms with Crippen molar-refractivity contribution in [1.82, 2.24) is 15.3 Å². The predicted octanol–water partition coefficient (Wildman–Crippen LogP) is 1.50. The van der Waals surface area contributed by atoms with E-state index in [9.17, 15) is 4.39 Å². The lowest BCUT2D eigenvalue weighted by molar-refractivity contribution is 0.556. The highest BCUT2D eigenvalue weighted by atomic mass is 19.1. The number of hydrogen-bond donors (Lipinski definition) is 1. The molecule has 1 fully saturated rings. The first kappa shape index (κ1) is 12.2. The van der Waals surface area contributed by atoms with Crippen molar-refractivity contribution in [3.63, 3.8) is 0 Å². The van der Waals surface area contributed by atoms with Gasteiger partial charge in [0.05, 0.1) is 5.69 Å². The molecule has 0 aliphatic carbocycles. The first-order valence-corrected chi connectivity index (χ1v) is 6.18. The molecule has 2 heterocycles. The molecule has 5 heteroatoms. The highest BCUT2D eigenvalue weighted by Crippen LogP contribution is 2.26. The Labute approximate surface area is 101 Å². The molecule has 1 aromatic heterocycles. The zero-order chi connectivity index (χ0) is 12.3. The van der Waals surface area contributed by atoms with Crippen LogP contribution in [-0.2, 0) is 0 Å². The van der Waals surface area contributed by atoms with E-state index < -0.39 is 0 Å². The number of aryl methyl sites for hydroxylation is 1. The third-order valence-electron chi connectivity index (χ3n) is 3.22. The molecule has 1 aliphatic rings. The molecule has 0 aromatic carbocycles. The van der Waals surface area contributed by atoms with Crippen LogP contribution in [0.2, 0.25) is 0 Å². The minimum absolute atomic E-state index is 0.282. The molecule has 0 amide bonds. The maximum absolute atomic E-state index is 14.0. The summed E-state index contributed by atoms with van der Waals surface area (Å²) in [4.78, 5) is 10.0. The number of likely N-dealkylation sites (N-methyl/N-ethyl adjacent to an activating group) is 1.